The Morgan fingerprint density at radius 3 is 2.58 bits per heavy atom. The third kappa shape index (κ3) is 4.60. The van der Waals surface area contributed by atoms with Crippen LogP contribution < -0.4 is 16.4 Å². The molecule has 0 spiro atoms. The van der Waals surface area contributed by atoms with Crippen LogP contribution >= 0.6 is 15.9 Å². The fraction of sp³-hybridized carbons (Fsp3) is 0.0741. The molecule has 0 unspecified atom stereocenters. The van der Waals surface area contributed by atoms with Crippen LogP contribution in [0.25, 0.3) is 33.0 Å². The van der Waals surface area contributed by atoms with E-state index in [-0.39, 0.29) is 23.1 Å². The van der Waals surface area contributed by atoms with Gasteiger partial charge in [0.25, 0.3) is 11.5 Å². The summed E-state index contributed by atoms with van der Waals surface area (Å²) in [5.74, 6) is -0.570. The van der Waals surface area contributed by atoms with E-state index >= 15 is 0 Å². The van der Waals surface area contributed by atoms with E-state index in [1.165, 1.54) is 12.5 Å². The lowest BCUT2D eigenvalue weighted by Crippen LogP contribution is -2.32. The second-order valence-electron chi connectivity index (χ2n) is 8.18. The highest BCUT2D eigenvalue weighted by atomic mass is 79.9. The fourth-order valence-electron chi connectivity index (χ4n) is 3.82. The van der Waals surface area contributed by atoms with E-state index in [0.717, 1.165) is 20.3 Å². The summed E-state index contributed by atoms with van der Waals surface area (Å²) in [6.45, 7) is 1.64. The molecule has 0 bridgehead atoms. The van der Waals surface area contributed by atoms with E-state index in [2.05, 4.69) is 31.6 Å². The van der Waals surface area contributed by atoms with Crippen molar-refractivity contribution in [3.63, 3.8) is 0 Å². The molecule has 8 nitrogen and oxygen atoms in total. The molecule has 0 fully saturated rings. The molecular weight excluding hydrogens is 524 g/mol. The number of hydrazone groups is 1. The molecule has 0 radical (unpaired) electrons. The number of nitrogens with one attached hydrogen (secondary N) is 1. The minimum Gasteiger partial charge on any atom is -0.463 e. The number of hydrogen-bond acceptors (Lipinski definition) is 6. The first-order valence-electron chi connectivity index (χ1n) is 11.0. The van der Waals surface area contributed by atoms with Gasteiger partial charge in [0.05, 0.1) is 28.2 Å². The maximum atomic E-state index is 13.0. The Morgan fingerprint density at radius 1 is 1.06 bits per heavy atom. The summed E-state index contributed by atoms with van der Waals surface area (Å²) in [5.41, 5.74) is 4.81. The molecule has 9 heteroatoms. The molecule has 0 aliphatic rings. The van der Waals surface area contributed by atoms with Crippen molar-refractivity contribution in [2.24, 2.45) is 5.10 Å². The summed E-state index contributed by atoms with van der Waals surface area (Å²) < 4.78 is 7.33. The molecular formula is C27H19BrN4O4. The van der Waals surface area contributed by atoms with E-state index in [4.69, 9.17) is 4.42 Å². The number of amides is 1. The number of carbonyl (C=O) groups is 1. The minimum absolute atomic E-state index is 0.170. The highest BCUT2D eigenvalue weighted by Gasteiger charge is 2.14. The summed E-state index contributed by atoms with van der Waals surface area (Å²) in [7, 11) is 0. The molecule has 0 atom stereocenters. The average molecular weight is 543 g/mol. The molecule has 1 N–H and O–H groups in total. The number of carbonyl (C=O) groups excluding carboxylic acids is 1. The normalized spacial score (nSPS) is 11.4. The van der Waals surface area contributed by atoms with Crippen LogP contribution in [0, 0.1) is 6.92 Å². The smallest absolute Gasteiger partial charge is 0.275 e. The number of aryl methyl sites for hydroxylation is 1. The van der Waals surface area contributed by atoms with Crippen molar-refractivity contribution in [1.82, 2.24) is 15.2 Å². The fourth-order valence-corrected chi connectivity index (χ4v) is 4.18. The Labute approximate surface area is 213 Å². The van der Waals surface area contributed by atoms with Crippen molar-refractivity contribution in [3.05, 3.63) is 109 Å². The predicted molar refractivity (Wildman–Crippen MR) is 142 cm³/mol. The molecule has 0 saturated heterocycles. The maximum absolute atomic E-state index is 13.0. The summed E-state index contributed by atoms with van der Waals surface area (Å²) in [4.78, 5) is 38.3. The van der Waals surface area contributed by atoms with Gasteiger partial charge < -0.3 is 4.42 Å². The summed E-state index contributed by atoms with van der Waals surface area (Å²) >= 11 is 3.33. The van der Waals surface area contributed by atoms with Crippen molar-refractivity contribution in [2.45, 2.75) is 13.5 Å². The molecule has 0 aliphatic carbocycles. The van der Waals surface area contributed by atoms with Crippen molar-refractivity contribution in [1.29, 1.82) is 0 Å². The third-order valence-corrected chi connectivity index (χ3v) is 6.13. The van der Waals surface area contributed by atoms with Gasteiger partial charge in [-0.25, -0.2) is 10.1 Å². The zero-order chi connectivity index (χ0) is 25.2. The van der Waals surface area contributed by atoms with Gasteiger partial charge in [0.2, 0.25) is 5.43 Å². The molecule has 0 aliphatic heterocycles. The zero-order valence-electron chi connectivity index (χ0n) is 19.1. The average Bonchev–Trinajstić information content (AvgIpc) is 2.88. The lowest BCUT2D eigenvalue weighted by Gasteiger charge is -2.11. The molecule has 36 heavy (non-hydrogen) atoms. The molecule has 0 saturated carbocycles. The Hall–Kier alpha value is -4.37. The van der Waals surface area contributed by atoms with Crippen molar-refractivity contribution < 1.29 is 9.21 Å². The lowest BCUT2D eigenvalue weighted by molar-refractivity contribution is -0.121. The van der Waals surface area contributed by atoms with E-state index in [0.29, 0.717) is 27.4 Å². The van der Waals surface area contributed by atoms with Gasteiger partial charge in [-0.2, -0.15) is 10.2 Å². The first-order chi connectivity index (χ1) is 17.4. The Bertz CT molecular complexity index is 1770. The molecule has 2 heterocycles. The Morgan fingerprint density at radius 2 is 1.81 bits per heavy atom. The maximum Gasteiger partial charge on any atom is 0.275 e. The number of fused-ring (bicyclic) bond motifs is 2. The van der Waals surface area contributed by atoms with Crippen LogP contribution in [0.4, 0.5) is 0 Å². The topological polar surface area (TPSA) is 107 Å². The largest absolute Gasteiger partial charge is 0.463 e. The number of hydrogen-bond donors (Lipinski definition) is 1. The zero-order valence-corrected chi connectivity index (χ0v) is 20.7. The van der Waals surface area contributed by atoms with Crippen LogP contribution in [-0.2, 0) is 11.3 Å². The lowest BCUT2D eigenvalue weighted by atomic mass is 10.0. The number of aromatic nitrogens is 2. The van der Waals surface area contributed by atoms with Crippen LogP contribution in [0.5, 0.6) is 0 Å². The molecule has 5 aromatic rings. The van der Waals surface area contributed by atoms with Gasteiger partial charge in [0, 0.05) is 15.4 Å². The highest BCUT2D eigenvalue weighted by molar-refractivity contribution is 9.10. The van der Waals surface area contributed by atoms with Crippen molar-refractivity contribution in [3.8, 4) is 11.3 Å². The Kier molecular flexibility index (Phi) is 6.30. The van der Waals surface area contributed by atoms with Crippen LogP contribution in [0.1, 0.15) is 11.1 Å². The predicted octanol–water partition coefficient (Wildman–Crippen LogP) is 4.39. The summed E-state index contributed by atoms with van der Waals surface area (Å²) in [5, 5.41) is 9.90. The SMILES string of the molecule is Cc1ccc(-c2nn(CC(=O)N/N=C/c3coc4ccc(Br)cc4c3=O)c(=O)c3ccccc23)cc1. The summed E-state index contributed by atoms with van der Waals surface area (Å²) in [6, 6.07) is 20.0. The highest BCUT2D eigenvalue weighted by Crippen LogP contribution is 2.25. The van der Waals surface area contributed by atoms with Crippen LogP contribution in [-0.4, -0.2) is 21.9 Å². The number of nitrogens with zero attached hydrogens (tertiary/aromatic N) is 3. The number of benzene rings is 3. The van der Waals surface area contributed by atoms with E-state index in [1.807, 2.05) is 43.3 Å². The number of halogens is 1. The van der Waals surface area contributed by atoms with Crippen LogP contribution in [0.2, 0.25) is 0 Å². The second kappa shape index (κ2) is 9.71. The van der Waals surface area contributed by atoms with Gasteiger partial charge in [-0.1, -0.05) is 64.0 Å². The van der Waals surface area contributed by atoms with Gasteiger partial charge >= 0.3 is 0 Å². The first kappa shape index (κ1) is 23.4. The summed E-state index contributed by atoms with van der Waals surface area (Å²) in [6.07, 6.45) is 2.48. The van der Waals surface area contributed by atoms with Gasteiger partial charge in [-0.3, -0.25) is 14.4 Å². The molecule has 3 aromatic carbocycles. The van der Waals surface area contributed by atoms with Gasteiger partial charge in [0.15, 0.2) is 0 Å². The van der Waals surface area contributed by atoms with Crippen LogP contribution in [0.3, 0.4) is 0 Å². The van der Waals surface area contributed by atoms with E-state index in [9.17, 15) is 14.4 Å². The van der Waals surface area contributed by atoms with Gasteiger partial charge in [-0.05, 0) is 31.2 Å². The quantitative estimate of drug-likeness (QED) is 0.262. The van der Waals surface area contributed by atoms with Crippen LogP contribution in [0.15, 0.2) is 96.6 Å². The molecule has 5 rings (SSSR count). The molecule has 178 valence electrons. The minimum atomic E-state index is -0.570. The van der Waals surface area contributed by atoms with Crippen molar-refractivity contribution in [2.75, 3.05) is 0 Å². The molecule has 2 aromatic heterocycles. The Balaban J connectivity index is 1.41. The number of rotatable bonds is 5. The standard InChI is InChI=1S/C27H19BrN4O4/c1-16-6-8-17(9-7-16)25-20-4-2-3-5-21(20)27(35)32(31-25)14-24(33)30-29-13-18-15-36-23-11-10-19(28)12-22(23)26(18)34/h2-13,15H,14H2,1H3,(H,30,33)/b29-13+. The van der Waals surface area contributed by atoms with Gasteiger partial charge in [-0.15, -0.1) is 0 Å². The van der Waals surface area contributed by atoms with Gasteiger partial charge in [0.1, 0.15) is 18.4 Å². The van der Waals surface area contributed by atoms with E-state index in [1.54, 1.807) is 30.3 Å². The monoisotopic (exact) mass is 542 g/mol. The second-order valence-corrected chi connectivity index (χ2v) is 9.09. The van der Waals surface area contributed by atoms with Crippen molar-refractivity contribution >= 4 is 49.8 Å². The van der Waals surface area contributed by atoms with E-state index < -0.39 is 5.91 Å². The first-order valence-corrected chi connectivity index (χ1v) is 11.8. The molecule has 1 amide bonds. The third-order valence-electron chi connectivity index (χ3n) is 5.64.